The van der Waals surface area contributed by atoms with Crippen molar-refractivity contribution in [2.24, 2.45) is 10.9 Å². The largest absolute Gasteiger partial charge is 0.484 e. The van der Waals surface area contributed by atoms with E-state index in [1.807, 2.05) is 0 Å². The van der Waals surface area contributed by atoms with E-state index in [-0.39, 0.29) is 23.3 Å². The second-order valence-electron chi connectivity index (χ2n) is 5.99. The molecule has 3 aromatic rings. The zero-order valence-electron chi connectivity index (χ0n) is 15.4. The van der Waals surface area contributed by atoms with Crippen molar-refractivity contribution in [2.75, 3.05) is 17.2 Å². The molecule has 30 heavy (non-hydrogen) atoms. The van der Waals surface area contributed by atoms with Crippen molar-refractivity contribution in [3.63, 3.8) is 0 Å². The highest BCUT2D eigenvalue weighted by atomic mass is 32.2. The Hall–Kier alpha value is -3.77. The number of benzene rings is 2. The van der Waals surface area contributed by atoms with Gasteiger partial charge < -0.3 is 21.1 Å². The monoisotopic (exact) mass is 432 g/mol. The van der Waals surface area contributed by atoms with Crippen molar-refractivity contribution in [3.8, 4) is 5.75 Å². The number of primary amides is 1. The summed E-state index contributed by atoms with van der Waals surface area (Å²) in [6, 6.07) is 12.0. The normalized spacial score (nSPS) is 11.0. The first-order valence-electron chi connectivity index (χ1n) is 8.41. The van der Waals surface area contributed by atoms with Crippen LogP contribution < -0.4 is 26.2 Å². The first kappa shape index (κ1) is 21.0. The molecule has 0 spiro atoms. The number of sulfonamides is 1. The summed E-state index contributed by atoms with van der Waals surface area (Å²) in [4.78, 5) is 18.6. The van der Waals surface area contributed by atoms with Gasteiger partial charge in [0.2, 0.25) is 16.0 Å². The van der Waals surface area contributed by atoms with Gasteiger partial charge in [0.15, 0.2) is 18.2 Å². The molecule has 0 radical (unpaired) electrons. The Morgan fingerprint density at radius 3 is 2.23 bits per heavy atom. The Balaban J connectivity index is 1.71. The van der Waals surface area contributed by atoms with Crippen molar-refractivity contribution < 1.29 is 22.3 Å². The summed E-state index contributed by atoms with van der Waals surface area (Å²) in [7, 11) is -3.80. The van der Waals surface area contributed by atoms with Crippen molar-refractivity contribution in [1.82, 2.24) is 9.97 Å². The Kier molecular flexibility index (Phi) is 6.09. The van der Waals surface area contributed by atoms with Crippen LogP contribution in [-0.2, 0) is 14.8 Å². The van der Waals surface area contributed by atoms with Gasteiger partial charge in [-0.25, -0.2) is 22.9 Å². The molecule has 0 saturated heterocycles. The molecular formula is C18H17FN6O4S. The third-order valence-corrected chi connectivity index (χ3v) is 4.61. The summed E-state index contributed by atoms with van der Waals surface area (Å²) in [6.07, 6.45) is 0.987. The molecule has 0 saturated carbocycles. The molecule has 3 rings (SSSR count). The number of anilines is 4. The Morgan fingerprint density at radius 1 is 1.03 bits per heavy atom. The number of primary sulfonamides is 1. The van der Waals surface area contributed by atoms with Gasteiger partial charge in [-0.05, 0) is 48.5 Å². The molecule has 6 N–H and O–H groups in total. The Bertz CT molecular complexity index is 1150. The molecule has 0 aliphatic rings. The van der Waals surface area contributed by atoms with Gasteiger partial charge >= 0.3 is 0 Å². The summed E-state index contributed by atoms with van der Waals surface area (Å²) in [6.45, 7) is -0.249. The fourth-order valence-corrected chi connectivity index (χ4v) is 2.81. The highest BCUT2D eigenvalue weighted by Gasteiger charge is 2.10. The van der Waals surface area contributed by atoms with Crippen molar-refractivity contribution in [3.05, 3.63) is 60.5 Å². The minimum atomic E-state index is -3.80. The molecule has 2 aromatic carbocycles. The molecule has 12 heteroatoms. The lowest BCUT2D eigenvalue weighted by molar-refractivity contribution is -0.119. The fourth-order valence-electron chi connectivity index (χ4n) is 2.30. The van der Waals surface area contributed by atoms with Crippen LogP contribution in [0.5, 0.6) is 5.75 Å². The van der Waals surface area contributed by atoms with Crippen LogP contribution in [0.25, 0.3) is 0 Å². The van der Waals surface area contributed by atoms with E-state index < -0.39 is 21.7 Å². The third-order valence-electron chi connectivity index (χ3n) is 3.68. The maximum absolute atomic E-state index is 14.1. The van der Waals surface area contributed by atoms with Gasteiger partial charge in [-0.2, -0.15) is 4.98 Å². The maximum atomic E-state index is 14.1. The molecule has 0 atom stereocenters. The number of carbonyl (C=O) groups excluding carboxylic acids is 1. The molecule has 0 aliphatic heterocycles. The summed E-state index contributed by atoms with van der Waals surface area (Å²) in [5.41, 5.74) is 6.01. The van der Waals surface area contributed by atoms with Crippen LogP contribution in [0.4, 0.5) is 27.5 Å². The zero-order chi connectivity index (χ0) is 21.7. The van der Waals surface area contributed by atoms with Crippen molar-refractivity contribution in [1.29, 1.82) is 0 Å². The summed E-state index contributed by atoms with van der Waals surface area (Å²) in [5, 5.41) is 10.7. The molecule has 0 bridgehead atoms. The van der Waals surface area contributed by atoms with Gasteiger partial charge in [-0.1, -0.05) is 0 Å². The van der Waals surface area contributed by atoms with E-state index in [1.165, 1.54) is 24.3 Å². The topological polar surface area (TPSA) is 162 Å². The van der Waals surface area contributed by atoms with Crippen LogP contribution in [-0.4, -0.2) is 30.9 Å². The lowest BCUT2D eigenvalue weighted by Gasteiger charge is -2.10. The molecule has 1 heterocycles. The number of nitrogens with two attached hydrogens (primary N) is 2. The predicted octanol–water partition coefficient (Wildman–Crippen LogP) is 1.61. The van der Waals surface area contributed by atoms with Gasteiger partial charge in [-0.3, -0.25) is 4.79 Å². The van der Waals surface area contributed by atoms with E-state index in [0.29, 0.717) is 17.1 Å². The van der Waals surface area contributed by atoms with E-state index in [9.17, 15) is 17.6 Å². The smallest absolute Gasteiger partial charge is 0.255 e. The highest BCUT2D eigenvalue weighted by Crippen LogP contribution is 2.23. The molecule has 0 unspecified atom stereocenters. The van der Waals surface area contributed by atoms with Gasteiger partial charge in [0.05, 0.1) is 11.1 Å². The van der Waals surface area contributed by atoms with Crippen LogP contribution in [0.15, 0.2) is 59.6 Å². The average Bonchev–Trinajstić information content (AvgIpc) is 2.70. The number of hydrogen-bond donors (Lipinski definition) is 4. The number of ether oxygens (including phenoxy) is 1. The van der Waals surface area contributed by atoms with Crippen LogP contribution >= 0.6 is 0 Å². The molecule has 0 fully saturated rings. The number of amides is 1. The first-order valence-corrected chi connectivity index (χ1v) is 9.96. The second kappa shape index (κ2) is 8.71. The number of halogens is 1. The lowest BCUT2D eigenvalue weighted by atomic mass is 10.3. The van der Waals surface area contributed by atoms with Crippen LogP contribution in [0.1, 0.15) is 0 Å². The fraction of sp³-hybridized carbons (Fsp3) is 0.0556. The summed E-state index contributed by atoms with van der Waals surface area (Å²) < 4.78 is 41.8. The summed E-state index contributed by atoms with van der Waals surface area (Å²) in [5.74, 6) is -0.852. The SMILES string of the molecule is NC(=O)COc1ccc(Nc2nc(Nc3ccc(S(N)(=O)=O)cc3)ncc2F)cc1. The first-order chi connectivity index (χ1) is 14.2. The average molecular weight is 432 g/mol. The molecule has 0 aliphatic carbocycles. The van der Waals surface area contributed by atoms with Crippen molar-refractivity contribution >= 4 is 39.1 Å². The number of nitrogens with zero attached hydrogens (tertiary/aromatic N) is 2. The Morgan fingerprint density at radius 2 is 1.63 bits per heavy atom. The lowest BCUT2D eigenvalue weighted by Crippen LogP contribution is -2.19. The number of rotatable bonds is 8. The van der Waals surface area contributed by atoms with Crippen LogP contribution in [0, 0.1) is 5.82 Å². The minimum absolute atomic E-state index is 0.0429. The van der Waals surface area contributed by atoms with E-state index in [0.717, 1.165) is 6.20 Å². The van der Waals surface area contributed by atoms with Gasteiger partial charge in [0.25, 0.3) is 5.91 Å². The quantitative estimate of drug-likeness (QED) is 0.417. The van der Waals surface area contributed by atoms with Crippen LogP contribution in [0.2, 0.25) is 0 Å². The van der Waals surface area contributed by atoms with E-state index in [4.69, 9.17) is 15.6 Å². The maximum Gasteiger partial charge on any atom is 0.255 e. The standard InChI is InChI=1S/C18H17FN6O4S/c19-15-9-22-18(24-12-3-7-14(8-4-12)30(21,27)28)25-17(15)23-11-1-5-13(6-2-11)29-10-16(20)26/h1-9H,10H2,(H2,20,26)(H2,21,27,28)(H2,22,23,24,25). The third kappa shape index (κ3) is 5.62. The zero-order valence-corrected chi connectivity index (χ0v) is 16.2. The van der Waals surface area contributed by atoms with Gasteiger partial charge in [0, 0.05) is 11.4 Å². The van der Waals surface area contributed by atoms with E-state index in [1.54, 1.807) is 24.3 Å². The van der Waals surface area contributed by atoms with E-state index >= 15 is 0 Å². The van der Waals surface area contributed by atoms with Crippen LogP contribution in [0.3, 0.4) is 0 Å². The number of nitrogens with one attached hydrogen (secondary N) is 2. The molecule has 10 nitrogen and oxygen atoms in total. The number of carbonyl (C=O) groups is 1. The summed E-state index contributed by atoms with van der Waals surface area (Å²) >= 11 is 0. The Labute approximate surface area is 171 Å². The minimum Gasteiger partial charge on any atom is -0.484 e. The number of hydrogen-bond acceptors (Lipinski definition) is 8. The van der Waals surface area contributed by atoms with Gasteiger partial charge in [0.1, 0.15) is 5.75 Å². The molecule has 156 valence electrons. The highest BCUT2D eigenvalue weighted by molar-refractivity contribution is 7.89. The van der Waals surface area contributed by atoms with Crippen molar-refractivity contribution in [2.45, 2.75) is 4.90 Å². The molecule has 1 aromatic heterocycles. The molecular weight excluding hydrogens is 415 g/mol. The van der Waals surface area contributed by atoms with E-state index in [2.05, 4.69) is 20.6 Å². The number of aromatic nitrogens is 2. The molecule has 1 amide bonds. The second-order valence-corrected chi connectivity index (χ2v) is 7.55. The van der Waals surface area contributed by atoms with Gasteiger partial charge in [-0.15, -0.1) is 0 Å². The predicted molar refractivity (Wildman–Crippen MR) is 108 cm³/mol.